The maximum atomic E-state index is 13.8. The largest absolute Gasteiger partial charge is 0.481 e. The molecule has 0 amide bonds. The fourth-order valence-corrected chi connectivity index (χ4v) is 6.00. The molecule has 4 heterocycles. The van der Waals surface area contributed by atoms with Gasteiger partial charge in [-0.1, -0.05) is 55.9 Å². The normalized spacial score (nSPS) is 16.2. The first-order valence-electron chi connectivity index (χ1n) is 10.4. The second-order valence-corrected chi connectivity index (χ2v) is 10.2. The third-order valence-corrected chi connectivity index (χ3v) is 7.78. The lowest BCUT2D eigenvalue weighted by atomic mass is 9.96. The first kappa shape index (κ1) is 21.2. The van der Waals surface area contributed by atoms with E-state index in [2.05, 4.69) is 24.0 Å². The highest BCUT2D eigenvalue weighted by Crippen LogP contribution is 2.37. The van der Waals surface area contributed by atoms with Crippen molar-refractivity contribution in [2.24, 2.45) is 5.92 Å². The van der Waals surface area contributed by atoms with E-state index in [1.54, 1.807) is 4.57 Å². The van der Waals surface area contributed by atoms with Crippen molar-refractivity contribution in [1.82, 2.24) is 19.2 Å². The molecular weight excluding hydrogens is 448 g/mol. The lowest BCUT2D eigenvalue weighted by molar-refractivity contribution is -0.133. The van der Waals surface area contributed by atoms with Crippen molar-refractivity contribution in [3.8, 4) is 0 Å². The van der Waals surface area contributed by atoms with E-state index in [1.807, 2.05) is 34.7 Å². The van der Waals surface area contributed by atoms with E-state index in [1.165, 1.54) is 11.3 Å². The van der Waals surface area contributed by atoms with Crippen molar-refractivity contribution in [2.45, 2.75) is 44.7 Å². The predicted octanol–water partition coefficient (Wildman–Crippen LogP) is 3.43. The molecule has 32 heavy (non-hydrogen) atoms. The van der Waals surface area contributed by atoms with Crippen LogP contribution in [0.4, 0.5) is 0 Å². The molecule has 3 aromatic heterocycles. The van der Waals surface area contributed by atoms with Gasteiger partial charge in [-0.25, -0.2) is 4.40 Å². The van der Waals surface area contributed by atoms with Gasteiger partial charge in [0.15, 0.2) is 5.16 Å². The Hall–Kier alpha value is -2.69. The molecular formula is C22H22N4O4S2. The number of benzene rings is 1. The van der Waals surface area contributed by atoms with Gasteiger partial charge < -0.3 is 9.84 Å². The van der Waals surface area contributed by atoms with Gasteiger partial charge in [0.25, 0.3) is 5.56 Å². The molecule has 1 aromatic carbocycles. The van der Waals surface area contributed by atoms with Crippen LogP contribution in [0.3, 0.4) is 0 Å². The number of fused-ring (bicyclic) bond motifs is 5. The Morgan fingerprint density at radius 3 is 2.81 bits per heavy atom. The number of carboxylic acids is 1. The van der Waals surface area contributed by atoms with E-state index in [0.29, 0.717) is 41.8 Å². The number of thiophene rings is 1. The standard InChI is InChI=1S/C22H22N4O4S2/c1-12(2)15-8-14-16(10-30-15)32-20-18(14)19(29)25(9-13-6-4-3-5-7-13)21-23-24-22(26(20)21)31-11-17(27)28/h3-7,12,15H,8-11H2,1-2H3,(H,27,28)/t15-/m0/s1. The second kappa shape index (κ2) is 8.34. The van der Waals surface area contributed by atoms with Gasteiger partial charge in [0.05, 0.1) is 30.4 Å². The maximum absolute atomic E-state index is 13.8. The molecule has 1 aliphatic rings. The Balaban J connectivity index is 1.76. The van der Waals surface area contributed by atoms with Crippen molar-refractivity contribution < 1.29 is 14.6 Å². The Morgan fingerprint density at radius 2 is 2.09 bits per heavy atom. The number of ether oxygens (including phenoxy) is 1. The molecule has 1 N–H and O–H groups in total. The Labute approximate surface area is 191 Å². The summed E-state index contributed by atoms with van der Waals surface area (Å²) in [5.41, 5.74) is 1.91. The first-order valence-corrected chi connectivity index (χ1v) is 12.2. The van der Waals surface area contributed by atoms with E-state index < -0.39 is 5.97 Å². The molecule has 166 valence electrons. The number of hydrogen-bond donors (Lipinski definition) is 1. The molecule has 4 aromatic rings. The zero-order valence-electron chi connectivity index (χ0n) is 17.6. The lowest BCUT2D eigenvalue weighted by Gasteiger charge is -2.26. The number of carboxylic acid groups (broad SMARTS) is 1. The van der Waals surface area contributed by atoms with Crippen LogP contribution in [0.5, 0.6) is 0 Å². The molecule has 0 fully saturated rings. The van der Waals surface area contributed by atoms with Crippen molar-refractivity contribution in [1.29, 1.82) is 0 Å². The number of aliphatic carboxylic acids is 1. The van der Waals surface area contributed by atoms with Crippen LogP contribution in [0.25, 0.3) is 16.0 Å². The Morgan fingerprint density at radius 1 is 1.31 bits per heavy atom. The average Bonchev–Trinajstić information content (AvgIpc) is 3.36. The fourth-order valence-electron chi connectivity index (χ4n) is 4.05. The highest BCUT2D eigenvalue weighted by atomic mass is 32.2. The maximum Gasteiger partial charge on any atom is 0.313 e. The first-order chi connectivity index (χ1) is 15.4. The van der Waals surface area contributed by atoms with Crippen molar-refractivity contribution in [3.63, 3.8) is 0 Å². The molecule has 0 aliphatic carbocycles. The minimum absolute atomic E-state index is 0.0553. The van der Waals surface area contributed by atoms with Gasteiger partial charge in [0.2, 0.25) is 5.78 Å². The van der Waals surface area contributed by atoms with Crippen LogP contribution in [-0.2, 0) is 29.1 Å². The zero-order valence-corrected chi connectivity index (χ0v) is 19.3. The summed E-state index contributed by atoms with van der Waals surface area (Å²) in [4.78, 5) is 26.7. The van der Waals surface area contributed by atoms with Crippen LogP contribution in [0.1, 0.15) is 29.9 Å². The summed E-state index contributed by atoms with van der Waals surface area (Å²) >= 11 is 2.61. The number of rotatable bonds is 6. The minimum atomic E-state index is -0.931. The SMILES string of the molecule is CC(C)[C@@H]1Cc2c(sc3c2c(=O)n(Cc2ccccc2)c2nnc(SCC(=O)O)n32)CO1. The molecule has 1 aliphatic heterocycles. The number of hydrogen-bond acceptors (Lipinski definition) is 7. The van der Waals surface area contributed by atoms with Crippen LogP contribution < -0.4 is 5.56 Å². The van der Waals surface area contributed by atoms with E-state index >= 15 is 0 Å². The van der Waals surface area contributed by atoms with Crippen LogP contribution >= 0.6 is 23.1 Å². The van der Waals surface area contributed by atoms with E-state index in [0.717, 1.165) is 32.6 Å². The third kappa shape index (κ3) is 3.62. The number of nitrogens with zero attached hydrogens (tertiary/aromatic N) is 4. The van der Waals surface area contributed by atoms with Gasteiger partial charge in [-0.2, -0.15) is 0 Å². The van der Waals surface area contributed by atoms with Crippen molar-refractivity contribution in [3.05, 3.63) is 56.7 Å². The van der Waals surface area contributed by atoms with Gasteiger partial charge in [-0.05, 0) is 17.0 Å². The van der Waals surface area contributed by atoms with Crippen molar-refractivity contribution in [2.75, 3.05) is 5.75 Å². The van der Waals surface area contributed by atoms with E-state index in [4.69, 9.17) is 9.84 Å². The molecule has 10 heteroatoms. The molecule has 1 atom stereocenters. The van der Waals surface area contributed by atoms with Crippen LogP contribution in [0.2, 0.25) is 0 Å². The lowest BCUT2D eigenvalue weighted by Crippen LogP contribution is -2.28. The molecule has 0 unspecified atom stereocenters. The summed E-state index contributed by atoms with van der Waals surface area (Å²) in [5.74, 6) is -0.313. The molecule has 5 rings (SSSR count). The topological polar surface area (TPSA) is 98.7 Å². The molecule has 0 saturated carbocycles. The summed E-state index contributed by atoms with van der Waals surface area (Å²) < 4.78 is 9.52. The van der Waals surface area contributed by atoms with Crippen LogP contribution in [0, 0.1) is 5.92 Å². The van der Waals surface area contributed by atoms with E-state index in [-0.39, 0.29) is 17.4 Å². The highest BCUT2D eigenvalue weighted by molar-refractivity contribution is 7.99. The summed E-state index contributed by atoms with van der Waals surface area (Å²) in [5, 5.41) is 18.8. The second-order valence-electron chi connectivity index (χ2n) is 8.16. The number of aromatic nitrogens is 4. The Kier molecular flexibility index (Phi) is 5.52. The van der Waals surface area contributed by atoms with Gasteiger partial charge in [-0.15, -0.1) is 21.5 Å². The third-order valence-electron chi connectivity index (χ3n) is 5.68. The summed E-state index contributed by atoms with van der Waals surface area (Å²) in [6, 6.07) is 9.74. The van der Waals surface area contributed by atoms with Crippen molar-refractivity contribution >= 4 is 45.1 Å². The summed E-state index contributed by atoms with van der Waals surface area (Å²) in [6.45, 7) is 5.07. The van der Waals surface area contributed by atoms with Crippen LogP contribution in [0.15, 0.2) is 40.3 Å². The molecule has 0 spiro atoms. The van der Waals surface area contributed by atoms with Gasteiger partial charge in [-0.3, -0.25) is 14.2 Å². The molecule has 0 bridgehead atoms. The van der Waals surface area contributed by atoms with Gasteiger partial charge in [0.1, 0.15) is 4.83 Å². The van der Waals surface area contributed by atoms with Gasteiger partial charge in [0, 0.05) is 11.3 Å². The zero-order chi connectivity index (χ0) is 22.4. The highest BCUT2D eigenvalue weighted by Gasteiger charge is 2.30. The molecule has 0 saturated heterocycles. The summed E-state index contributed by atoms with van der Waals surface area (Å²) in [7, 11) is 0. The number of thioether (sulfide) groups is 1. The fraction of sp³-hybridized carbons (Fsp3) is 0.364. The predicted molar refractivity (Wildman–Crippen MR) is 124 cm³/mol. The Bertz CT molecular complexity index is 1370. The smallest absolute Gasteiger partial charge is 0.313 e. The summed E-state index contributed by atoms with van der Waals surface area (Å²) in [6.07, 6.45) is 0.735. The van der Waals surface area contributed by atoms with E-state index in [9.17, 15) is 9.59 Å². The number of carbonyl (C=O) groups is 1. The van der Waals surface area contributed by atoms with Crippen LogP contribution in [-0.4, -0.2) is 42.1 Å². The minimum Gasteiger partial charge on any atom is -0.481 e. The average molecular weight is 471 g/mol. The quantitative estimate of drug-likeness (QED) is 0.431. The monoisotopic (exact) mass is 470 g/mol. The molecule has 8 nitrogen and oxygen atoms in total. The molecule has 0 radical (unpaired) electrons. The van der Waals surface area contributed by atoms with Gasteiger partial charge >= 0.3 is 5.97 Å².